The van der Waals surface area contributed by atoms with Crippen molar-refractivity contribution in [3.05, 3.63) is 35.9 Å². The number of aliphatic hydroxyl groups is 1. The van der Waals surface area contributed by atoms with Gasteiger partial charge in [0.05, 0.1) is 24.8 Å². The zero-order chi connectivity index (χ0) is 13.3. The van der Waals surface area contributed by atoms with Crippen LogP contribution >= 0.6 is 0 Å². The van der Waals surface area contributed by atoms with Gasteiger partial charge in [-0.05, 0) is 12.0 Å². The molecule has 0 spiro atoms. The van der Waals surface area contributed by atoms with Crippen molar-refractivity contribution in [1.82, 2.24) is 0 Å². The van der Waals surface area contributed by atoms with Gasteiger partial charge in [0.25, 0.3) is 10.1 Å². The van der Waals surface area contributed by atoms with Crippen molar-refractivity contribution in [3.63, 3.8) is 0 Å². The second-order valence-electron chi connectivity index (χ2n) is 3.43. The highest BCUT2D eigenvalue weighted by molar-refractivity contribution is 7.85. The second kappa shape index (κ2) is 7.79. The smallest absolute Gasteiger partial charge is 0.261 e. The number of benzene rings is 1. The van der Waals surface area contributed by atoms with Crippen LogP contribution in [0.25, 0.3) is 0 Å². The molecule has 0 heterocycles. The van der Waals surface area contributed by atoms with Crippen molar-refractivity contribution in [2.24, 2.45) is 5.92 Å². The van der Waals surface area contributed by atoms with Crippen molar-refractivity contribution in [1.29, 1.82) is 5.26 Å². The van der Waals surface area contributed by atoms with Crippen LogP contribution in [0.4, 0.5) is 0 Å². The minimum absolute atomic E-state index is 0.0641. The first-order valence-electron chi connectivity index (χ1n) is 4.83. The topological polar surface area (TPSA) is 98.4 Å². The lowest BCUT2D eigenvalue weighted by Gasteiger charge is -2.03. The van der Waals surface area contributed by atoms with Crippen LogP contribution in [0.3, 0.4) is 0 Å². The van der Waals surface area contributed by atoms with Gasteiger partial charge >= 0.3 is 0 Å². The van der Waals surface area contributed by atoms with Crippen LogP contribution in [-0.2, 0) is 16.5 Å². The molecule has 0 fully saturated rings. The molecule has 0 aliphatic rings. The molecule has 0 bridgehead atoms. The molecule has 1 aromatic rings. The Kier molecular flexibility index (Phi) is 7.14. The standard InChI is InChI=1S/C10H11NO.CH4O3S/c11-7-10(8-12)6-9-4-2-1-3-5-9;1-5(2,3)4/h1-5,10,12H,6,8H2;1H3,(H,2,3,4). The van der Waals surface area contributed by atoms with E-state index in [1.54, 1.807) is 0 Å². The Morgan fingerprint density at radius 1 is 1.35 bits per heavy atom. The van der Waals surface area contributed by atoms with Gasteiger partial charge in [0.2, 0.25) is 0 Å². The summed E-state index contributed by atoms with van der Waals surface area (Å²) in [4.78, 5) is 0. The molecule has 5 nitrogen and oxygen atoms in total. The molecule has 0 aromatic heterocycles. The van der Waals surface area contributed by atoms with Crippen molar-refractivity contribution >= 4 is 10.1 Å². The van der Waals surface area contributed by atoms with E-state index in [-0.39, 0.29) is 12.5 Å². The highest BCUT2D eigenvalue weighted by Crippen LogP contribution is 2.06. The van der Waals surface area contributed by atoms with Crippen LogP contribution in [0.2, 0.25) is 0 Å². The van der Waals surface area contributed by atoms with Crippen LogP contribution in [0.5, 0.6) is 0 Å². The number of rotatable bonds is 3. The van der Waals surface area contributed by atoms with Gasteiger partial charge in [0.1, 0.15) is 0 Å². The molecule has 1 aromatic carbocycles. The summed E-state index contributed by atoms with van der Waals surface area (Å²) in [6.07, 6.45) is 1.35. The minimum atomic E-state index is -3.67. The van der Waals surface area contributed by atoms with Gasteiger partial charge < -0.3 is 5.11 Å². The monoisotopic (exact) mass is 257 g/mol. The predicted molar refractivity (Wildman–Crippen MR) is 63.8 cm³/mol. The molecule has 0 aliphatic carbocycles. The third-order valence-corrected chi connectivity index (χ3v) is 1.73. The molecule has 6 heteroatoms. The maximum absolute atomic E-state index is 9.19. The summed E-state index contributed by atoms with van der Waals surface area (Å²) >= 11 is 0. The van der Waals surface area contributed by atoms with Gasteiger partial charge in [-0.15, -0.1) is 0 Å². The fraction of sp³-hybridized carbons (Fsp3) is 0.364. The van der Waals surface area contributed by atoms with Crippen LogP contribution in [0, 0.1) is 17.2 Å². The molecule has 0 radical (unpaired) electrons. The van der Waals surface area contributed by atoms with Crippen LogP contribution < -0.4 is 0 Å². The lowest BCUT2D eigenvalue weighted by atomic mass is 10.0. The van der Waals surface area contributed by atoms with Gasteiger partial charge in [0.15, 0.2) is 0 Å². The highest BCUT2D eigenvalue weighted by Gasteiger charge is 2.05. The Morgan fingerprint density at radius 2 is 1.82 bits per heavy atom. The van der Waals surface area contributed by atoms with Gasteiger partial charge in [-0.3, -0.25) is 4.55 Å². The van der Waals surface area contributed by atoms with Crippen molar-refractivity contribution in [2.75, 3.05) is 12.9 Å². The van der Waals surface area contributed by atoms with E-state index in [2.05, 4.69) is 6.07 Å². The molecule has 0 aliphatic heterocycles. The predicted octanol–water partition coefficient (Wildman–Crippen LogP) is 0.865. The normalized spacial score (nSPS) is 11.9. The van der Waals surface area contributed by atoms with E-state index >= 15 is 0 Å². The highest BCUT2D eigenvalue weighted by atomic mass is 32.2. The molecular weight excluding hydrogens is 242 g/mol. The molecule has 0 amide bonds. The number of nitriles is 1. The Bertz CT molecular complexity index is 442. The second-order valence-corrected chi connectivity index (χ2v) is 4.90. The van der Waals surface area contributed by atoms with Crippen molar-refractivity contribution in [3.8, 4) is 6.07 Å². The maximum atomic E-state index is 9.19. The summed E-state index contributed by atoms with van der Waals surface area (Å²) in [5.41, 5.74) is 1.10. The number of hydrogen-bond donors (Lipinski definition) is 2. The summed E-state index contributed by atoms with van der Waals surface area (Å²) in [6, 6.07) is 11.8. The molecule has 1 rings (SSSR count). The SMILES string of the molecule is CS(=O)(=O)O.N#CC(CO)Cc1ccccc1. The van der Waals surface area contributed by atoms with E-state index in [9.17, 15) is 8.42 Å². The zero-order valence-corrected chi connectivity index (χ0v) is 10.3. The zero-order valence-electron chi connectivity index (χ0n) is 9.44. The molecule has 17 heavy (non-hydrogen) atoms. The fourth-order valence-corrected chi connectivity index (χ4v) is 1.05. The molecule has 1 atom stereocenters. The molecule has 0 saturated heterocycles. The maximum Gasteiger partial charge on any atom is 0.261 e. The van der Waals surface area contributed by atoms with Crippen LogP contribution in [0.1, 0.15) is 5.56 Å². The third kappa shape index (κ3) is 10.9. The number of hydrogen-bond acceptors (Lipinski definition) is 4. The molecular formula is C11H15NO4S. The third-order valence-electron chi connectivity index (χ3n) is 1.73. The van der Waals surface area contributed by atoms with E-state index in [1.165, 1.54) is 0 Å². The lowest BCUT2D eigenvalue weighted by molar-refractivity contribution is 0.255. The van der Waals surface area contributed by atoms with E-state index < -0.39 is 10.1 Å². The summed E-state index contributed by atoms with van der Waals surface area (Å²) in [5, 5.41) is 17.3. The average molecular weight is 257 g/mol. The van der Waals surface area contributed by atoms with E-state index in [4.69, 9.17) is 14.9 Å². The first-order chi connectivity index (χ1) is 7.86. The Labute approximate surface area is 101 Å². The first-order valence-corrected chi connectivity index (χ1v) is 6.68. The summed E-state index contributed by atoms with van der Waals surface area (Å²) in [5.74, 6) is -0.271. The number of aliphatic hydroxyl groups excluding tert-OH is 1. The first kappa shape index (κ1) is 15.6. The molecule has 2 N–H and O–H groups in total. The molecule has 1 unspecified atom stereocenters. The van der Waals surface area contributed by atoms with Crippen molar-refractivity contribution < 1.29 is 18.1 Å². The van der Waals surface area contributed by atoms with Crippen LogP contribution in [0.15, 0.2) is 30.3 Å². The van der Waals surface area contributed by atoms with Crippen molar-refractivity contribution in [2.45, 2.75) is 6.42 Å². The Morgan fingerprint density at radius 3 is 2.18 bits per heavy atom. The van der Waals surface area contributed by atoms with Gasteiger partial charge in [-0.2, -0.15) is 13.7 Å². The Balaban J connectivity index is 0.000000437. The van der Waals surface area contributed by atoms with E-state index in [0.717, 1.165) is 5.56 Å². The van der Waals surface area contributed by atoms with Gasteiger partial charge in [-0.25, -0.2) is 0 Å². The molecule has 0 saturated carbocycles. The largest absolute Gasteiger partial charge is 0.395 e. The van der Waals surface area contributed by atoms with Crippen LogP contribution in [-0.4, -0.2) is 30.9 Å². The van der Waals surface area contributed by atoms with E-state index in [1.807, 2.05) is 30.3 Å². The minimum Gasteiger partial charge on any atom is -0.395 e. The summed E-state index contributed by atoms with van der Waals surface area (Å²) in [7, 11) is -3.67. The lowest BCUT2D eigenvalue weighted by Crippen LogP contribution is -2.06. The van der Waals surface area contributed by atoms with Gasteiger partial charge in [-0.1, -0.05) is 30.3 Å². The average Bonchev–Trinajstić information content (AvgIpc) is 2.25. The fourth-order valence-electron chi connectivity index (χ4n) is 1.05. The summed E-state index contributed by atoms with van der Waals surface area (Å²) < 4.78 is 25.9. The molecule has 94 valence electrons. The van der Waals surface area contributed by atoms with E-state index in [0.29, 0.717) is 12.7 Å². The quantitative estimate of drug-likeness (QED) is 0.783. The Hall–Kier alpha value is -1.42. The van der Waals surface area contributed by atoms with Gasteiger partial charge in [0, 0.05) is 0 Å². The number of nitrogens with zero attached hydrogens (tertiary/aromatic N) is 1. The summed E-state index contributed by atoms with van der Waals surface area (Å²) in [6.45, 7) is -0.0641.